The van der Waals surface area contributed by atoms with Crippen LogP contribution in [-0.2, 0) is 0 Å². The third-order valence-electron chi connectivity index (χ3n) is 2.32. The van der Waals surface area contributed by atoms with E-state index < -0.39 is 0 Å². The van der Waals surface area contributed by atoms with Gasteiger partial charge in [0.1, 0.15) is 0 Å². The third kappa shape index (κ3) is 3.80. The number of nitrogens with zero attached hydrogens (tertiary/aromatic N) is 2. The molecule has 1 heterocycles. The summed E-state index contributed by atoms with van der Waals surface area (Å²) in [5.74, 6) is 2.40. The quantitative estimate of drug-likeness (QED) is 0.677. The van der Waals surface area contributed by atoms with Gasteiger partial charge in [0.2, 0.25) is 0 Å². The van der Waals surface area contributed by atoms with Crippen molar-refractivity contribution in [3.05, 3.63) is 0 Å². The van der Waals surface area contributed by atoms with Crippen molar-refractivity contribution in [1.82, 2.24) is 4.90 Å². The number of nitriles is 1. The maximum absolute atomic E-state index is 8.68. The van der Waals surface area contributed by atoms with Crippen molar-refractivity contribution < 1.29 is 0 Å². The summed E-state index contributed by atoms with van der Waals surface area (Å²) in [5.41, 5.74) is 0. The van der Waals surface area contributed by atoms with Gasteiger partial charge in [-0.1, -0.05) is 28.5 Å². The topological polar surface area (TPSA) is 27.0 Å². The molecule has 1 saturated heterocycles. The Morgan fingerprint density at radius 1 is 1.38 bits per heavy atom. The molecule has 0 spiro atoms. The maximum Gasteiger partial charge on any atom is 0.0638 e. The summed E-state index contributed by atoms with van der Waals surface area (Å²) >= 11 is 0. The van der Waals surface area contributed by atoms with Crippen LogP contribution in [0.5, 0.6) is 0 Å². The Hall–Kier alpha value is 0.150. The van der Waals surface area contributed by atoms with Crippen molar-refractivity contribution in [3.8, 4) is 6.07 Å². The van der Waals surface area contributed by atoms with Crippen LogP contribution in [-0.4, -0.2) is 35.5 Å². The molecule has 1 unspecified atom stereocenters. The monoisotopic (exact) mass is 216 g/mol. The predicted molar refractivity (Wildman–Crippen MR) is 60.8 cm³/mol. The van der Waals surface area contributed by atoms with E-state index in [0.29, 0.717) is 12.5 Å². The highest BCUT2D eigenvalue weighted by molar-refractivity contribution is 8.76. The molecule has 1 aliphatic heterocycles. The molecule has 0 saturated carbocycles. The molecule has 13 heavy (non-hydrogen) atoms. The third-order valence-corrected chi connectivity index (χ3v) is 4.69. The summed E-state index contributed by atoms with van der Waals surface area (Å²) in [6.07, 6.45) is 1.79. The SMILES string of the molecule is CCC(CC#N)N1CCSSCC1. The van der Waals surface area contributed by atoms with E-state index >= 15 is 0 Å². The minimum atomic E-state index is 0.490. The molecule has 0 aromatic rings. The summed E-state index contributed by atoms with van der Waals surface area (Å²) in [6.45, 7) is 4.48. The standard InChI is InChI=1S/C9H16N2S2/c1-2-9(3-4-10)11-5-7-12-13-8-6-11/h9H,2-3,5-8H2,1H3. The van der Waals surface area contributed by atoms with Crippen LogP contribution in [0.3, 0.4) is 0 Å². The molecule has 0 aliphatic carbocycles. The van der Waals surface area contributed by atoms with Gasteiger partial charge in [-0.2, -0.15) is 5.26 Å². The molecule has 0 radical (unpaired) electrons. The van der Waals surface area contributed by atoms with Crippen LogP contribution in [0.25, 0.3) is 0 Å². The van der Waals surface area contributed by atoms with E-state index in [2.05, 4.69) is 17.9 Å². The fourth-order valence-corrected chi connectivity index (χ4v) is 3.55. The second-order valence-corrected chi connectivity index (χ2v) is 5.81. The Morgan fingerprint density at radius 2 is 2.00 bits per heavy atom. The largest absolute Gasteiger partial charge is 0.298 e. The summed E-state index contributed by atoms with van der Waals surface area (Å²) in [4.78, 5) is 2.47. The van der Waals surface area contributed by atoms with Crippen LogP contribution in [0, 0.1) is 11.3 Å². The molecular weight excluding hydrogens is 200 g/mol. The fourth-order valence-electron chi connectivity index (χ4n) is 1.54. The Balaban J connectivity index is 2.41. The van der Waals surface area contributed by atoms with Crippen LogP contribution < -0.4 is 0 Å². The lowest BCUT2D eigenvalue weighted by Gasteiger charge is -2.27. The van der Waals surface area contributed by atoms with Crippen molar-refractivity contribution >= 4 is 21.6 Å². The van der Waals surface area contributed by atoms with Gasteiger partial charge in [-0.15, -0.1) is 0 Å². The van der Waals surface area contributed by atoms with Crippen molar-refractivity contribution in [2.45, 2.75) is 25.8 Å². The first-order valence-electron chi connectivity index (χ1n) is 4.74. The van der Waals surface area contributed by atoms with E-state index in [4.69, 9.17) is 5.26 Å². The van der Waals surface area contributed by atoms with Gasteiger partial charge in [0.15, 0.2) is 0 Å². The molecule has 1 aliphatic rings. The lowest BCUT2D eigenvalue weighted by atomic mass is 10.1. The number of hydrogen-bond donors (Lipinski definition) is 0. The van der Waals surface area contributed by atoms with E-state index in [0.717, 1.165) is 19.5 Å². The van der Waals surface area contributed by atoms with E-state index in [1.54, 1.807) is 0 Å². The molecule has 1 atom stereocenters. The highest BCUT2D eigenvalue weighted by atomic mass is 33.1. The summed E-state index contributed by atoms with van der Waals surface area (Å²) in [5, 5.41) is 8.68. The molecule has 74 valence electrons. The molecule has 0 N–H and O–H groups in total. The van der Waals surface area contributed by atoms with Crippen LogP contribution in [0.1, 0.15) is 19.8 Å². The lowest BCUT2D eigenvalue weighted by molar-refractivity contribution is 0.218. The Morgan fingerprint density at radius 3 is 2.46 bits per heavy atom. The minimum absolute atomic E-state index is 0.490. The van der Waals surface area contributed by atoms with Gasteiger partial charge in [0.05, 0.1) is 12.5 Å². The summed E-state index contributed by atoms with van der Waals surface area (Å²) < 4.78 is 0. The maximum atomic E-state index is 8.68. The summed E-state index contributed by atoms with van der Waals surface area (Å²) in [6, 6.07) is 2.77. The Labute approximate surface area is 88.5 Å². The molecule has 4 heteroatoms. The highest BCUT2D eigenvalue weighted by Gasteiger charge is 2.17. The molecule has 2 nitrogen and oxygen atoms in total. The molecule has 1 fully saturated rings. The smallest absolute Gasteiger partial charge is 0.0638 e. The first-order chi connectivity index (χ1) is 6.38. The Kier molecular flexibility index (Phi) is 5.68. The fraction of sp³-hybridized carbons (Fsp3) is 0.889. The average Bonchev–Trinajstić information content (AvgIpc) is 2.42. The van der Waals surface area contributed by atoms with Gasteiger partial charge in [-0.25, -0.2) is 0 Å². The molecule has 0 bridgehead atoms. The molecule has 1 rings (SSSR count). The van der Waals surface area contributed by atoms with E-state index in [1.165, 1.54) is 11.5 Å². The zero-order chi connectivity index (χ0) is 9.52. The average molecular weight is 216 g/mol. The molecule has 0 aromatic carbocycles. The number of rotatable bonds is 3. The van der Waals surface area contributed by atoms with Gasteiger partial charge in [-0.3, -0.25) is 4.90 Å². The second kappa shape index (κ2) is 6.58. The van der Waals surface area contributed by atoms with Crippen LogP contribution >= 0.6 is 21.6 Å². The minimum Gasteiger partial charge on any atom is -0.298 e. The number of hydrogen-bond acceptors (Lipinski definition) is 4. The van der Waals surface area contributed by atoms with Crippen LogP contribution in [0.4, 0.5) is 0 Å². The highest BCUT2D eigenvalue weighted by Crippen LogP contribution is 2.25. The first-order valence-corrected chi connectivity index (χ1v) is 7.22. The van der Waals surface area contributed by atoms with Gasteiger partial charge in [0, 0.05) is 30.6 Å². The second-order valence-electron chi connectivity index (χ2n) is 3.10. The zero-order valence-corrected chi connectivity index (χ0v) is 9.66. The lowest BCUT2D eigenvalue weighted by Crippen LogP contribution is -2.37. The predicted octanol–water partition coefficient (Wildman–Crippen LogP) is 2.38. The molecule has 0 amide bonds. The van der Waals surface area contributed by atoms with Crippen molar-refractivity contribution in [1.29, 1.82) is 5.26 Å². The molecular formula is C9H16N2S2. The van der Waals surface area contributed by atoms with Gasteiger partial charge in [-0.05, 0) is 6.42 Å². The van der Waals surface area contributed by atoms with E-state index in [-0.39, 0.29) is 0 Å². The van der Waals surface area contributed by atoms with Gasteiger partial charge < -0.3 is 0 Å². The molecule has 0 aromatic heterocycles. The normalized spacial score (nSPS) is 21.8. The van der Waals surface area contributed by atoms with Crippen LogP contribution in [0.15, 0.2) is 0 Å². The van der Waals surface area contributed by atoms with Crippen molar-refractivity contribution in [2.24, 2.45) is 0 Å². The van der Waals surface area contributed by atoms with E-state index in [1.807, 2.05) is 21.6 Å². The van der Waals surface area contributed by atoms with E-state index in [9.17, 15) is 0 Å². The van der Waals surface area contributed by atoms with Crippen molar-refractivity contribution in [2.75, 3.05) is 24.6 Å². The van der Waals surface area contributed by atoms with Crippen molar-refractivity contribution in [3.63, 3.8) is 0 Å². The zero-order valence-electron chi connectivity index (χ0n) is 8.03. The van der Waals surface area contributed by atoms with Gasteiger partial charge in [0.25, 0.3) is 0 Å². The first kappa shape index (κ1) is 11.2. The summed E-state index contributed by atoms with van der Waals surface area (Å²) in [7, 11) is 3.92. The van der Waals surface area contributed by atoms with Gasteiger partial charge >= 0.3 is 0 Å². The van der Waals surface area contributed by atoms with Crippen LogP contribution in [0.2, 0.25) is 0 Å². The Bertz CT molecular complexity index is 171.